The van der Waals surface area contributed by atoms with E-state index in [9.17, 15) is 4.79 Å². The minimum atomic E-state index is 0.457. The predicted molar refractivity (Wildman–Crippen MR) is 65.5 cm³/mol. The Balaban J connectivity index is 2.28. The van der Waals surface area contributed by atoms with Crippen LogP contribution in [0.5, 0.6) is 0 Å². The molecule has 0 aliphatic carbocycles. The lowest BCUT2D eigenvalue weighted by Gasteiger charge is -1.96. The molecule has 17 heavy (non-hydrogen) atoms. The SMILES string of the molecule is Cc1[nH]c(-c2c(C)sc3nccn23)nc1C=O. The molecular weight excluding hydrogens is 236 g/mol. The Kier molecular flexibility index (Phi) is 2.12. The minimum Gasteiger partial charge on any atom is -0.340 e. The molecule has 0 bridgehead atoms. The van der Waals surface area contributed by atoms with E-state index in [2.05, 4.69) is 15.0 Å². The minimum absolute atomic E-state index is 0.457. The van der Waals surface area contributed by atoms with Crippen molar-refractivity contribution in [1.82, 2.24) is 19.4 Å². The first-order valence-electron chi connectivity index (χ1n) is 5.15. The molecule has 0 saturated heterocycles. The molecule has 5 nitrogen and oxygen atoms in total. The average Bonchev–Trinajstić information content (AvgIpc) is 2.92. The van der Waals surface area contributed by atoms with Crippen molar-refractivity contribution in [2.24, 2.45) is 0 Å². The number of nitrogens with zero attached hydrogens (tertiary/aromatic N) is 3. The number of carbonyl (C=O) groups is 1. The van der Waals surface area contributed by atoms with Gasteiger partial charge in [0.05, 0.1) is 0 Å². The van der Waals surface area contributed by atoms with Gasteiger partial charge in [-0.05, 0) is 13.8 Å². The van der Waals surface area contributed by atoms with E-state index in [4.69, 9.17) is 0 Å². The maximum Gasteiger partial charge on any atom is 0.194 e. The molecule has 3 heterocycles. The van der Waals surface area contributed by atoms with E-state index in [1.807, 2.05) is 24.4 Å². The smallest absolute Gasteiger partial charge is 0.194 e. The number of H-pyrrole nitrogens is 1. The van der Waals surface area contributed by atoms with Crippen LogP contribution in [0.3, 0.4) is 0 Å². The van der Waals surface area contributed by atoms with Crippen molar-refractivity contribution < 1.29 is 4.79 Å². The van der Waals surface area contributed by atoms with Gasteiger partial charge in [-0.25, -0.2) is 9.97 Å². The Morgan fingerprint density at radius 3 is 3.00 bits per heavy atom. The van der Waals surface area contributed by atoms with Gasteiger partial charge in [-0.15, -0.1) is 11.3 Å². The second-order valence-corrected chi connectivity index (χ2v) is 4.98. The van der Waals surface area contributed by atoms with E-state index < -0.39 is 0 Å². The van der Waals surface area contributed by atoms with Gasteiger partial charge in [-0.3, -0.25) is 9.20 Å². The molecule has 0 fully saturated rings. The van der Waals surface area contributed by atoms with Gasteiger partial charge < -0.3 is 4.98 Å². The van der Waals surface area contributed by atoms with Crippen LogP contribution in [0.2, 0.25) is 0 Å². The molecule has 0 aromatic carbocycles. The lowest BCUT2D eigenvalue weighted by molar-refractivity contribution is 0.111. The van der Waals surface area contributed by atoms with Crippen molar-refractivity contribution in [3.05, 3.63) is 28.7 Å². The lowest BCUT2D eigenvalue weighted by atomic mass is 10.3. The molecule has 0 unspecified atom stereocenters. The fourth-order valence-corrected chi connectivity index (χ4v) is 2.80. The number of imidazole rings is 2. The molecule has 0 aliphatic heterocycles. The summed E-state index contributed by atoms with van der Waals surface area (Å²) in [7, 11) is 0. The highest BCUT2D eigenvalue weighted by Gasteiger charge is 2.15. The van der Waals surface area contributed by atoms with Crippen LogP contribution in [0, 0.1) is 13.8 Å². The number of aromatic amines is 1. The predicted octanol–water partition coefficient (Wildman–Crippen LogP) is 2.22. The summed E-state index contributed by atoms with van der Waals surface area (Å²) in [5, 5.41) is 0. The van der Waals surface area contributed by atoms with Crippen LogP contribution in [0.25, 0.3) is 16.5 Å². The first-order chi connectivity index (χ1) is 8.20. The standard InChI is InChI=1S/C11H10N4OS/c1-6-8(5-16)14-10(13-6)9-7(2)17-11-12-3-4-15(9)11/h3-5H,1-2H3,(H,13,14). The molecule has 86 valence electrons. The number of aromatic nitrogens is 4. The molecule has 1 N–H and O–H groups in total. The number of carbonyl (C=O) groups excluding carboxylic acids is 1. The van der Waals surface area contributed by atoms with Gasteiger partial charge in [0.25, 0.3) is 0 Å². The van der Waals surface area contributed by atoms with Crippen LogP contribution in [0.4, 0.5) is 0 Å². The first kappa shape index (κ1) is 10.2. The van der Waals surface area contributed by atoms with Crippen molar-refractivity contribution in [2.75, 3.05) is 0 Å². The quantitative estimate of drug-likeness (QED) is 0.705. The molecule has 6 heteroatoms. The number of hydrogen-bond donors (Lipinski definition) is 1. The van der Waals surface area contributed by atoms with Crippen LogP contribution in [-0.2, 0) is 0 Å². The molecule has 3 aromatic rings. The summed E-state index contributed by atoms with van der Waals surface area (Å²) in [5.41, 5.74) is 2.21. The molecule has 0 amide bonds. The highest BCUT2D eigenvalue weighted by Crippen LogP contribution is 2.29. The third-order valence-electron chi connectivity index (χ3n) is 2.68. The van der Waals surface area contributed by atoms with Gasteiger partial charge in [0.15, 0.2) is 17.1 Å². The van der Waals surface area contributed by atoms with Crippen LogP contribution in [0.15, 0.2) is 12.4 Å². The van der Waals surface area contributed by atoms with Gasteiger partial charge in [-0.1, -0.05) is 0 Å². The van der Waals surface area contributed by atoms with Crippen LogP contribution in [0.1, 0.15) is 21.1 Å². The fourth-order valence-electron chi connectivity index (χ4n) is 1.87. The second-order valence-electron chi connectivity index (χ2n) is 3.80. The highest BCUT2D eigenvalue weighted by molar-refractivity contribution is 7.17. The third-order valence-corrected chi connectivity index (χ3v) is 3.67. The molecule has 0 saturated carbocycles. The van der Waals surface area contributed by atoms with Gasteiger partial charge >= 0.3 is 0 Å². The summed E-state index contributed by atoms with van der Waals surface area (Å²) >= 11 is 1.61. The van der Waals surface area contributed by atoms with Crippen molar-refractivity contribution in [1.29, 1.82) is 0 Å². The second kappa shape index (κ2) is 3.53. The Hall–Kier alpha value is -1.95. The van der Waals surface area contributed by atoms with Crippen molar-refractivity contribution >= 4 is 22.6 Å². The largest absolute Gasteiger partial charge is 0.340 e. The van der Waals surface area contributed by atoms with Gasteiger partial charge in [0.1, 0.15) is 11.4 Å². The van der Waals surface area contributed by atoms with E-state index >= 15 is 0 Å². The number of aryl methyl sites for hydroxylation is 2. The fraction of sp³-hybridized carbons (Fsp3) is 0.182. The summed E-state index contributed by atoms with van der Waals surface area (Å²) in [6.07, 6.45) is 4.42. The van der Waals surface area contributed by atoms with Crippen LogP contribution < -0.4 is 0 Å². The van der Waals surface area contributed by atoms with Crippen LogP contribution in [-0.4, -0.2) is 25.6 Å². The maximum absolute atomic E-state index is 10.8. The zero-order valence-corrected chi connectivity index (χ0v) is 10.2. The maximum atomic E-state index is 10.8. The van der Waals surface area contributed by atoms with E-state index in [0.29, 0.717) is 11.5 Å². The van der Waals surface area contributed by atoms with E-state index in [1.54, 1.807) is 17.5 Å². The Morgan fingerprint density at radius 2 is 2.29 bits per heavy atom. The van der Waals surface area contributed by atoms with Gasteiger partial charge in [-0.2, -0.15) is 0 Å². The van der Waals surface area contributed by atoms with Crippen molar-refractivity contribution in [2.45, 2.75) is 13.8 Å². The number of aldehydes is 1. The molecule has 0 atom stereocenters. The van der Waals surface area contributed by atoms with Crippen molar-refractivity contribution in [3.63, 3.8) is 0 Å². The van der Waals surface area contributed by atoms with E-state index in [1.165, 1.54) is 0 Å². The molecule has 3 aromatic heterocycles. The number of nitrogens with one attached hydrogen (secondary N) is 1. The Labute approximate surface area is 101 Å². The molecular formula is C11H10N4OS. The topological polar surface area (TPSA) is 63.1 Å². The van der Waals surface area contributed by atoms with E-state index in [-0.39, 0.29) is 0 Å². The summed E-state index contributed by atoms with van der Waals surface area (Å²) in [6.45, 7) is 3.86. The van der Waals surface area contributed by atoms with E-state index in [0.717, 1.165) is 27.5 Å². The normalized spacial score (nSPS) is 11.2. The zero-order valence-electron chi connectivity index (χ0n) is 9.39. The summed E-state index contributed by atoms with van der Waals surface area (Å²) in [6, 6.07) is 0. The Bertz CT molecular complexity index is 706. The van der Waals surface area contributed by atoms with Gasteiger partial charge in [0.2, 0.25) is 0 Å². The Morgan fingerprint density at radius 1 is 1.47 bits per heavy atom. The first-order valence-corrected chi connectivity index (χ1v) is 5.97. The summed E-state index contributed by atoms with van der Waals surface area (Å²) < 4.78 is 1.98. The number of fused-ring (bicyclic) bond motifs is 1. The number of rotatable bonds is 2. The highest BCUT2D eigenvalue weighted by atomic mass is 32.1. The average molecular weight is 246 g/mol. The molecule has 3 rings (SSSR count). The van der Waals surface area contributed by atoms with Crippen LogP contribution >= 0.6 is 11.3 Å². The lowest BCUT2D eigenvalue weighted by Crippen LogP contribution is -1.88. The summed E-state index contributed by atoms with van der Waals surface area (Å²) in [4.78, 5) is 24.5. The monoisotopic (exact) mass is 246 g/mol. The number of thiazole rings is 1. The molecule has 0 radical (unpaired) electrons. The van der Waals surface area contributed by atoms with Gasteiger partial charge in [0, 0.05) is 23.0 Å². The number of hydrogen-bond acceptors (Lipinski definition) is 4. The third kappa shape index (κ3) is 1.41. The summed E-state index contributed by atoms with van der Waals surface area (Å²) in [5.74, 6) is 0.714. The molecule has 0 aliphatic rings. The van der Waals surface area contributed by atoms with Crippen molar-refractivity contribution in [3.8, 4) is 11.5 Å². The molecule has 0 spiro atoms. The zero-order chi connectivity index (χ0) is 12.0.